The molecule has 0 aromatic rings. The molecule has 0 radical (unpaired) electrons. The van der Waals surface area contributed by atoms with Gasteiger partial charge in [-0.05, 0) is 18.2 Å². The summed E-state index contributed by atoms with van der Waals surface area (Å²) in [6.07, 6.45) is 6.43. The van der Waals surface area contributed by atoms with Gasteiger partial charge >= 0.3 is 0 Å². The van der Waals surface area contributed by atoms with Crippen LogP contribution >= 0.6 is 11.8 Å². The van der Waals surface area contributed by atoms with Gasteiger partial charge in [-0.1, -0.05) is 39.5 Å². The van der Waals surface area contributed by atoms with Gasteiger partial charge in [0.1, 0.15) is 5.40 Å². The van der Waals surface area contributed by atoms with Crippen LogP contribution in [0.25, 0.3) is 0 Å². The normalized spacial score (nSPS) is 12.5. The van der Waals surface area contributed by atoms with Crippen molar-refractivity contribution in [3.05, 3.63) is 0 Å². The zero-order chi connectivity index (χ0) is 8.53. The Morgan fingerprint density at radius 1 is 1.36 bits per heavy atom. The molecule has 64 valence electrons. The van der Waals surface area contributed by atoms with Crippen LogP contribution in [0.1, 0.15) is 46.0 Å². The van der Waals surface area contributed by atoms with Gasteiger partial charge in [-0.15, -0.1) is 0 Å². The molecule has 0 bridgehead atoms. The smallest absolute Gasteiger partial charge is 0.133 e. The zero-order valence-electron chi connectivity index (χ0n) is 7.47. The number of rotatable bonds is 6. The fourth-order valence-electron chi connectivity index (χ4n) is 1.01. The summed E-state index contributed by atoms with van der Waals surface area (Å²) >= 11 is 1.39. The highest BCUT2D eigenvalue weighted by atomic mass is 32.2. The topological polar surface area (TPSA) is 23.8 Å². The van der Waals surface area contributed by atoms with E-state index in [-0.39, 0.29) is 0 Å². The lowest BCUT2D eigenvalue weighted by molar-refractivity contribution is 0.631. The van der Waals surface area contributed by atoms with Crippen LogP contribution in [0, 0.1) is 10.7 Å². The molecule has 0 saturated heterocycles. The molecule has 0 aliphatic rings. The molecule has 0 heterocycles. The van der Waals surface area contributed by atoms with Gasteiger partial charge in [0, 0.05) is 5.25 Å². The molecule has 0 unspecified atom stereocenters. The van der Waals surface area contributed by atoms with Crippen molar-refractivity contribution in [1.29, 1.82) is 5.26 Å². The van der Waals surface area contributed by atoms with Gasteiger partial charge in [-0.25, -0.2) is 0 Å². The summed E-state index contributed by atoms with van der Waals surface area (Å²) in [5, 5.41) is 11.0. The first kappa shape index (κ1) is 10.8. The van der Waals surface area contributed by atoms with Gasteiger partial charge in [-0.3, -0.25) is 0 Å². The predicted molar refractivity (Wildman–Crippen MR) is 51.4 cm³/mol. The van der Waals surface area contributed by atoms with E-state index in [0.29, 0.717) is 5.25 Å². The first-order valence-electron chi connectivity index (χ1n) is 4.36. The van der Waals surface area contributed by atoms with Crippen molar-refractivity contribution in [2.45, 2.75) is 51.2 Å². The molecular formula is C9H17NS. The summed E-state index contributed by atoms with van der Waals surface area (Å²) in [6, 6.07) is 0. The van der Waals surface area contributed by atoms with E-state index in [9.17, 15) is 0 Å². The number of nitrogens with zero attached hydrogens (tertiary/aromatic N) is 1. The zero-order valence-corrected chi connectivity index (χ0v) is 8.28. The number of thioether (sulfide) groups is 1. The standard InChI is InChI=1S/C9H17NS/c1-3-4-5-6-7-9(2)11-8-10/h9H,3-7H2,1-2H3/t9-/m1/s1. The maximum Gasteiger partial charge on any atom is 0.133 e. The van der Waals surface area contributed by atoms with E-state index in [1.54, 1.807) is 0 Å². The van der Waals surface area contributed by atoms with Crippen LogP contribution in [0.3, 0.4) is 0 Å². The van der Waals surface area contributed by atoms with E-state index >= 15 is 0 Å². The molecule has 0 fully saturated rings. The van der Waals surface area contributed by atoms with Gasteiger partial charge in [0.2, 0.25) is 0 Å². The van der Waals surface area contributed by atoms with E-state index < -0.39 is 0 Å². The second-order valence-electron chi connectivity index (χ2n) is 2.87. The Kier molecular flexibility index (Phi) is 7.83. The average Bonchev–Trinajstić information content (AvgIpc) is 1.99. The number of hydrogen-bond donors (Lipinski definition) is 0. The van der Waals surface area contributed by atoms with Crippen LogP contribution < -0.4 is 0 Å². The average molecular weight is 171 g/mol. The Hall–Kier alpha value is -0.160. The molecule has 2 heteroatoms. The van der Waals surface area contributed by atoms with E-state index in [4.69, 9.17) is 5.26 Å². The summed E-state index contributed by atoms with van der Waals surface area (Å²) in [6.45, 7) is 4.34. The van der Waals surface area contributed by atoms with Crippen molar-refractivity contribution in [2.75, 3.05) is 0 Å². The summed E-state index contributed by atoms with van der Waals surface area (Å²) < 4.78 is 0. The molecule has 1 atom stereocenters. The van der Waals surface area contributed by atoms with Gasteiger partial charge in [0.25, 0.3) is 0 Å². The van der Waals surface area contributed by atoms with Crippen LogP contribution in [0.4, 0.5) is 0 Å². The Balaban J connectivity index is 3.05. The Morgan fingerprint density at radius 2 is 2.09 bits per heavy atom. The second kappa shape index (κ2) is 7.94. The lowest BCUT2D eigenvalue weighted by atomic mass is 10.1. The maximum absolute atomic E-state index is 8.35. The van der Waals surface area contributed by atoms with Crippen LogP contribution in [0.5, 0.6) is 0 Å². The first-order chi connectivity index (χ1) is 5.31. The molecule has 0 aromatic carbocycles. The highest BCUT2D eigenvalue weighted by molar-refractivity contribution is 8.04. The quantitative estimate of drug-likeness (QED) is 0.450. The van der Waals surface area contributed by atoms with E-state index in [1.165, 1.54) is 43.9 Å². The van der Waals surface area contributed by atoms with Crippen molar-refractivity contribution in [3.8, 4) is 5.40 Å². The van der Waals surface area contributed by atoms with E-state index in [2.05, 4.69) is 19.2 Å². The third kappa shape index (κ3) is 7.74. The molecular weight excluding hydrogens is 154 g/mol. The minimum absolute atomic E-state index is 0.525. The largest absolute Gasteiger partial charge is 0.185 e. The summed E-state index contributed by atoms with van der Waals surface area (Å²) in [5.41, 5.74) is 0. The molecule has 0 aliphatic carbocycles. The summed E-state index contributed by atoms with van der Waals surface area (Å²) in [5.74, 6) is 0. The minimum Gasteiger partial charge on any atom is -0.185 e. The maximum atomic E-state index is 8.35. The van der Waals surface area contributed by atoms with Crippen LogP contribution in [0.2, 0.25) is 0 Å². The third-order valence-corrected chi connectivity index (χ3v) is 2.46. The van der Waals surface area contributed by atoms with Crippen molar-refractivity contribution in [1.82, 2.24) is 0 Å². The van der Waals surface area contributed by atoms with Crippen molar-refractivity contribution < 1.29 is 0 Å². The summed E-state index contributed by atoms with van der Waals surface area (Å²) in [4.78, 5) is 0. The number of unbranched alkanes of at least 4 members (excludes halogenated alkanes) is 3. The molecule has 0 aliphatic heterocycles. The van der Waals surface area contributed by atoms with Crippen LogP contribution in [-0.4, -0.2) is 5.25 Å². The van der Waals surface area contributed by atoms with Crippen LogP contribution in [-0.2, 0) is 0 Å². The Labute approximate surface area is 74.2 Å². The third-order valence-electron chi connectivity index (χ3n) is 1.72. The molecule has 1 nitrogen and oxygen atoms in total. The Bertz CT molecular complexity index is 117. The molecule has 11 heavy (non-hydrogen) atoms. The molecule has 0 rings (SSSR count). The molecule has 0 amide bonds. The fraction of sp³-hybridized carbons (Fsp3) is 0.889. The van der Waals surface area contributed by atoms with Gasteiger partial charge in [-0.2, -0.15) is 5.26 Å². The van der Waals surface area contributed by atoms with Crippen molar-refractivity contribution >= 4 is 11.8 Å². The molecule has 0 spiro atoms. The lowest BCUT2D eigenvalue weighted by Gasteiger charge is -2.04. The monoisotopic (exact) mass is 171 g/mol. The summed E-state index contributed by atoms with van der Waals surface area (Å²) in [7, 11) is 0. The molecule has 0 N–H and O–H groups in total. The number of hydrogen-bond acceptors (Lipinski definition) is 2. The van der Waals surface area contributed by atoms with Gasteiger partial charge < -0.3 is 0 Å². The highest BCUT2D eigenvalue weighted by Gasteiger charge is 2.00. The first-order valence-corrected chi connectivity index (χ1v) is 5.24. The Morgan fingerprint density at radius 3 is 2.64 bits per heavy atom. The highest BCUT2D eigenvalue weighted by Crippen LogP contribution is 2.15. The van der Waals surface area contributed by atoms with Crippen molar-refractivity contribution in [3.63, 3.8) is 0 Å². The van der Waals surface area contributed by atoms with Gasteiger partial charge in [0.05, 0.1) is 0 Å². The minimum atomic E-state index is 0.525. The fourth-order valence-corrected chi connectivity index (χ4v) is 1.47. The van der Waals surface area contributed by atoms with Crippen molar-refractivity contribution in [2.24, 2.45) is 0 Å². The van der Waals surface area contributed by atoms with Crippen LogP contribution in [0.15, 0.2) is 0 Å². The SMILES string of the molecule is CCCCCC[C@@H](C)SC#N. The molecule has 0 saturated carbocycles. The van der Waals surface area contributed by atoms with Gasteiger partial charge in [0.15, 0.2) is 0 Å². The predicted octanol–water partition coefficient (Wildman–Crippen LogP) is 3.56. The lowest BCUT2D eigenvalue weighted by Crippen LogP contribution is -1.93. The second-order valence-corrected chi connectivity index (χ2v) is 4.09. The number of nitriles is 1. The van der Waals surface area contributed by atoms with E-state index in [0.717, 1.165) is 0 Å². The number of thiocyanates is 1. The van der Waals surface area contributed by atoms with E-state index in [1.807, 2.05) is 0 Å². The molecule has 0 aromatic heterocycles.